The van der Waals surface area contributed by atoms with Crippen LogP contribution >= 0.6 is 35.1 Å². The summed E-state index contributed by atoms with van der Waals surface area (Å²) in [5, 5.41) is -0.516. The van der Waals surface area contributed by atoms with E-state index in [1.807, 2.05) is 36.3 Å². The van der Waals surface area contributed by atoms with Gasteiger partial charge in [0, 0.05) is 28.5 Å². The zero-order valence-corrected chi connectivity index (χ0v) is 14.2. The second-order valence-electron chi connectivity index (χ2n) is 4.88. The van der Waals surface area contributed by atoms with Gasteiger partial charge in [0.25, 0.3) is 5.24 Å². The Kier molecular flexibility index (Phi) is 4.65. The zero-order chi connectivity index (χ0) is 15.7. The number of hydrogen-bond donors (Lipinski definition) is 1. The molecule has 0 bridgehead atoms. The van der Waals surface area contributed by atoms with Crippen molar-refractivity contribution in [1.82, 2.24) is 4.90 Å². The summed E-state index contributed by atoms with van der Waals surface area (Å²) < 4.78 is 1.85. The molecule has 2 atom stereocenters. The molecular weight excluding hydrogens is 342 g/mol. The molecule has 22 heavy (non-hydrogen) atoms. The van der Waals surface area contributed by atoms with E-state index in [1.165, 1.54) is 4.90 Å². The molecule has 2 aliphatic heterocycles. The number of amides is 1. The fraction of sp³-hybridized carbons (Fsp3) is 0.357. The first-order valence-electron chi connectivity index (χ1n) is 6.78. The van der Waals surface area contributed by atoms with Crippen LogP contribution in [0.25, 0.3) is 0 Å². The lowest BCUT2D eigenvalue weighted by molar-refractivity contribution is -0.647. The minimum Gasteiger partial charge on any atom is -0.294 e. The highest BCUT2D eigenvalue weighted by molar-refractivity contribution is 8.00. The normalized spacial score (nSPS) is 23.5. The van der Waals surface area contributed by atoms with Crippen LogP contribution in [-0.2, 0) is 9.59 Å². The van der Waals surface area contributed by atoms with Gasteiger partial charge in [-0.05, 0) is 17.7 Å². The molecule has 1 aromatic rings. The summed E-state index contributed by atoms with van der Waals surface area (Å²) in [6.45, 7) is 0. The van der Waals surface area contributed by atoms with Crippen molar-refractivity contribution in [3.05, 3.63) is 36.3 Å². The van der Waals surface area contributed by atoms with Gasteiger partial charge in [-0.1, -0.05) is 4.68 Å². The number of β-lactam (4-membered cyclic amide) rings is 1. The standard InChI is InChI=1S/C14H15ClN3O2S2/c1-16-17-5-2-9(3-6-17)22-8-10-13(20)18-11(12(15)19)4-7-21-14(10)18/h2-6,10,14,16H,7-8H2,1H3/q+1/t10?,14-/m0/s1. The van der Waals surface area contributed by atoms with Crippen LogP contribution in [0.4, 0.5) is 0 Å². The molecule has 0 spiro atoms. The molecule has 8 heteroatoms. The number of thioether (sulfide) groups is 2. The number of pyridine rings is 1. The molecule has 3 rings (SSSR count). The van der Waals surface area contributed by atoms with Crippen LogP contribution in [0.3, 0.4) is 0 Å². The predicted molar refractivity (Wildman–Crippen MR) is 88.2 cm³/mol. The highest BCUT2D eigenvalue weighted by atomic mass is 35.5. The van der Waals surface area contributed by atoms with E-state index in [-0.39, 0.29) is 17.2 Å². The third-order valence-electron chi connectivity index (χ3n) is 3.64. The zero-order valence-electron chi connectivity index (χ0n) is 11.9. The van der Waals surface area contributed by atoms with Crippen LogP contribution in [0.15, 0.2) is 41.2 Å². The predicted octanol–water partition coefficient (Wildman–Crippen LogP) is 1.42. The van der Waals surface area contributed by atoms with Crippen molar-refractivity contribution < 1.29 is 14.3 Å². The molecule has 1 saturated heterocycles. The van der Waals surface area contributed by atoms with Crippen molar-refractivity contribution in [2.24, 2.45) is 5.92 Å². The summed E-state index contributed by atoms with van der Waals surface area (Å²) in [6, 6.07) is 4.01. The van der Waals surface area contributed by atoms with Crippen LogP contribution in [0.5, 0.6) is 0 Å². The fourth-order valence-electron chi connectivity index (χ4n) is 2.47. The maximum Gasteiger partial charge on any atom is 0.268 e. The number of nitrogens with zero attached hydrogens (tertiary/aromatic N) is 2. The van der Waals surface area contributed by atoms with E-state index < -0.39 is 5.24 Å². The van der Waals surface area contributed by atoms with Gasteiger partial charge < -0.3 is 0 Å². The second-order valence-corrected chi connectivity index (χ2v) is 7.46. The third kappa shape index (κ3) is 2.85. The number of rotatable bonds is 5. The number of fused-ring (bicyclic) bond motifs is 1. The minimum absolute atomic E-state index is 0.00818. The van der Waals surface area contributed by atoms with Crippen molar-refractivity contribution in [2.45, 2.75) is 10.3 Å². The highest BCUT2D eigenvalue weighted by Crippen LogP contribution is 2.43. The molecule has 2 aliphatic rings. The molecule has 1 N–H and O–H groups in total. The number of halogens is 1. The maximum atomic E-state index is 12.3. The first kappa shape index (κ1) is 15.7. The Morgan fingerprint density at radius 3 is 2.91 bits per heavy atom. The summed E-state index contributed by atoms with van der Waals surface area (Å²) in [5.41, 5.74) is 3.33. The molecule has 1 unspecified atom stereocenters. The van der Waals surface area contributed by atoms with Gasteiger partial charge in [-0.2, -0.15) is 5.43 Å². The first-order valence-corrected chi connectivity index (χ1v) is 9.19. The van der Waals surface area contributed by atoms with Gasteiger partial charge in [0.1, 0.15) is 5.70 Å². The van der Waals surface area contributed by atoms with E-state index in [1.54, 1.807) is 29.6 Å². The third-order valence-corrected chi connectivity index (χ3v) is 6.21. The Labute approximate surface area is 142 Å². The van der Waals surface area contributed by atoms with Gasteiger partial charge in [-0.3, -0.25) is 14.5 Å². The average Bonchev–Trinajstić information content (AvgIpc) is 2.54. The molecule has 0 aliphatic carbocycles. The van der Waals surface area contributed by atoms with Crippen molar-refractivity contribution in [1.29, 1.82) is 0 Å². The lowest BCUT2D eigenvalue weighted by atomic mass is 9.99. The second kappa shape index (κ2) is 6.52. The molecule has 0 aromatic carbocycles. The molecular formula is C14H15ClN3O2S2+. The molecule has 5 nitrogen and oxygen atoms in total. The summed E-state index contributed by atoms with van der Waals surface area (Å²) in [7, 11) is 1.85. The molecule has 1 aromatic heterocycles. The maximum absolute atomic E-state index is 12.3. The summed E-state index contributed by atoms with van der Waals surface area (Å²) in [5.74, 6) is 1.36. The van der Waals surface area contributed by atoms with Crippen LogP contribution in [-0.4, -0.2) is 40.0 Å². The Balaban J connectivity index is 1.62. The van der Waals surface area contributed by atoms with E-state index in [4.69, 9.17) is 11.6 Å². The van der Waals surface area contributed by atoms with Crippen molar-refractivity contribution >= 4 is 46.3 Å². The SMILES string of the molecule is CN[n+]1ccc(SCC2C(=O)N3C(C(=O)Cl)=CCS[C@@H]23)cc1. The van der Waals surface area contributed by atoms with Gasteiger partial charge in [0.2, 0.25) is 18.3 Å². The van der Waals surface area contributed by atoms with Gasteiger partial charge >= 0.3 is 0 Å². The number of carbonyl (C=O) groups excluding carboxylic acids is 2. The molecule has 116 valence electrons. The smallest absolute Gasteiger partial charge is 0.268 e. The molecule has 0 radical (unpaired) electrons. The van der Waals surface area contributed by atoms with E-state index in [0.29, 0.717) is 11.4 Å². The quantitative estimate of drug-likeness (QED) is 0.374. The average molecular weight is 357 g/mol. The van der Waals surface area contributed by atoms with Crippen LogP contribution < -0.4 is 10.1 Å². The summed E-state index contributed by atoms with van der Waals surface area (Å²) >= 11 is 8.87. The van der Waals surface area contributed by atoms with Crippen LogP contribution in [0, 0.1) is 5.92 Å². The number of allylic oxidation sites excluding steroid dienone is 1. The van der Waals surface area contributed by atoms with Crippen molar-refractivity contribution in [3.8, 4) is 0 Å². The van der Waals surface area contributed by atoms with Crippen LogP contribution in [0.1, 0.15) is 0 Å². The number of hydrogen-bond acceptors (Lipinski definition) is 5. The Morgan fingerprint density at radius 2 is 2.27 bits per heavy atom. The Bertz CT molecular complexity index is 635. The fourth-order valence-corrected chi connectivity index (χ4v) is 5.03. The molecule has 1 amide bonds. The van der Waals surface area contributed by atoms with Gasteiger partial charge in [-0.15, -0.1) is 23.5 Å². The molecule has 3 heterocycles. The first-order chi connectivity index (χ1) is 10.6. The van der Waals surface area contributed by atoms with E-state index >= 15 is 0 Å². The minimum atomic E-state index is -0.551. The van der Waals surface area contributed by atoms with Gasteiger partial charge in [0.05, 0.1) is 18.3 Å². The largest absolute Gasteiger partial charge is 0.294 e. The van der Waals surface area contributed by atoms with Gasteiger partial charge in [-0.25, -0.2) is 0 Å². The number of aromatic nitrogens is 1. The van der Waals surface area contributed by atoms with Crippen molar-refractivity contribution in [2.75, 3.05) is 24.0 Å². The Hall–Kier alpha value is -1.18. The molecule has 0 saturated carbocycles. The van der Waals surface area contributed by atoms with E-state index in [9.17, 15) is 9.59 Å². The number of nitrogens with one attached hydrogen (secondary N) is 1. The van der Waals surface area contributed by atoms with Crippen LogP contribution in [0.2, 0.25) is 0 Å². The monoisotopic (exact) mass is 356 g/mol. The molecule has 1 fully saturated rings. The highest BCUT2D eigenvalue weighted by Gasteiger charge is 2.51. The van der Waals surface area contributed by atoms with E-state index in [2.05, 4.69) is 5.43 Å². The van der Waals surface area contributed by atoms with E-state index in [0.717, 1.165) is 10.6 Å². The lowest BCUT2D eigenvalue weighted by Crippen LogP contribution is -2.61. The topological polar surface area (TPSA) is 53.3 Å². The summed E-state index contributed by atoms with van der Waals surface area (Å²) in [4.78, 5) is 26.3. The Morgan fingerprint density at radius 1 is 1.55 bits per heavy atom. The van der Waals surface area contributed by atoms with Crippen molar-refractivity contribution in [3.63, 3.8) is 0 Å². The number of carbonyl (C=O) groups is 2. The lowest BCUT2D eigenvalue weighted by Gasteiger charge is -2.48. The van der Waals surface area contributed by atoms with Gasteiger partial charge in [0.15, 0.2) is 0 Å². The summed E-state index contributed by atoms with van der Waals surface area (Å²) in [6.07, 6.45) is 5.59.